The highest BCUT2D eigenvalue weighted by atomic mass is 16.5. The second kappa shape index (κ2) is 15.2. The summed E-state index contributed by atoms with van der Waals surface area (Å²) < 4.78 is 6.03. The van der Waals surface area contributed by atoms with Crippen LogP contribution in [0, 0.1) is 11.8 Å². The predicted molar refractivity (Wildman–Crippen MR) is 141 cm³/mol. The lowest BCUT2D eigenvalue weighted by Gasteiger charge is -2.31. The van der Waals surface area contributed by atoms with Crippen LogP contribution in [-0.4, -0.2) is 70.8 Å². The van der Waals surface area contributed by atoms with Crippen molar-refractivity contribution in [3.05, 3.63) is 35.9 Å². The van der Waals surface area contributed by atoms with Gasteiger partial charge in [-0.15, -0.1) is 0 Å². The molecule has 0 spiro atoms. The Hall–Kier alpha value is -3.27. The standard InChI is InChI=1S/C28H41N3O7/c1-5-7-13-22(28(36)37)25(33)30-24(18(3)4)27(35)31-15-21(38-17-19-11-9-8-10-12-19)14-23(31)26(34)29-20(6-2)16-32/h8-12,16,18,20-24H,5-7,13-15,17H2,1-4H3,(H,29,34)(H,30,33)(H,36,37)/t20-,21+,22?,23-,24-/m0/s1. The number of carbonyl (C=O) groups excluding carboxylic acids is 4. The maximum Gasteiger partial charge on any atom is 0.316 e. The van der Waals surface area contributed by atoms with Crippen LogP contribution in [0.4, 0.5) is 0 Å². The third kappa shape index (κ3) is 8.65. The van der Waals surface area contributed by atoms with E-state index in [0.717, 1.165) is 12.0 Å². The molecule has 1 saturated heterocycles. The van der Waals surface area contributed by atoms with Gasteiger partial charge in [0.2, 0.25) is 17.7 Å². The van der Waals surface area contributed by atoms with Gasteiger partial charge in [-0.2, -0.15) is 0 Å². The molecule has 1 fully saturated rings. The molecule has 10 heteroatoms. The molecule has 1 aliphatic heterocycles. The Morgan fingerprint density at radius 2 is 1.82 bits per heavy atom. The number of carboxylic acids is 1. The number of amides is 3. The van der Waals surface area contributed by atoms with E-state index in [2.05, 4.69) is 10.6 Å². The number of carbonyl (C=O) groups is 5. The third-order valence-electron chi connectivity index (χ3n) is 6.80. The highest BCUT2D eigenvalue weighted by Gasteiger charge is 2.44. The number of hydrogen-bond acceptors (Lipinski definition) is 6. The van der Waals surface area contributed by atoms with Crippen LogP contribution in [0.1, 0.15) is 65.4 Å². The summed E-state index contributed by atoms with van der Waals surface area (Å²) in [5, 5.41) is 14.9. The van der Waals surface area contributed by atoms with Gasteiger partial charge < -0.3 is 30.2 Å². The molecular weight excluding hydrogens is 490 g/mol. The van der Waals surface area contributed by atoms with Gasteiger partial charge >= 0.3 is 5.97 Å². The summed E-state index contributed by atoms with van der Waals surface area (Å²) >= 11 is 0. The van der Waals surface area contributed by atoms with Crippen LogP contribution in [-0.2, 0) is 35.3 Å². The van der Waals surface area contributed by atoms with Crippen LogP contribution >= 0.6 is 0 Å². The molecule has 210 valence electrons. The van der Waals surface area contributed by atoms with Gasteiger partial charge in [0.25, 0.3) is 0 Å². The van der Waals surface area contributed by atoms with Crippen molar-refractivity contribution in [2.75, 3.05) is 6.54 Å². The van der Waals surface area contributed by atoms with Crippen LogP contribution in [0.2, 0.25) is 0 Å². The number of aldehydes is 1. The topological polar surface area (TPSA) is 142 Å². The Morgan fingerprint density at radius 3 is 2.37 bits per heavy atom. The smallest absolute Gasteiger partial charge is 0.316 e. The van der Waals surface area contributed by atoms with Gasteiger partial charge in [0.15, 0.2) is 0 Å². The lowest BCUT2D eigenvalue weighted by Crippen LogP contribution is -2.57. The Bertz CT molecular complexity index is 953. The zero-order valence-corrected chi connectivity index (χ0v) is 22.7. The van der Waals surface area contributed by atoms with E-state index in [1.54, 1.807) is 20.8 Å². The van der Waals surface area contributed by atoms with Crippen molar-refractivity contribution in [1.29, 1.82) is 0 Å². The van der Waals surface area contributed by atoms with Crippen molar-refractivity contribution in [3.8, 4) is 0 Å². The molecule has 5 atom stereocenters. The maximum atomic E-state index is 13.7. The number of unbranched alkanes of at least 4 members (excludes halogenated alkanes) is 1. The number of nitrogens with zero attached hydrogens (tertiary/aromatic N) is 1. The summed E-state index contributed by atoms with van der Waals surface area (Å²) in [5.74, 6) is -4.54. The van der Waals surface area contributed by atoms with E-state index in [-0.39, 0.29) is 25.3 Å². The summed E-state index contributed by atoms with van der Waals surface area (Å²) in [6.07, 6.45) is 2.32. The molecule has 0 aliphatic carbocycles. The van der Waals surface area contributed by atoms with Gasteiger partial charge in [-0.05, 0) is 24.3 Å². The molecule has 3 N–H and O–H groups in total. The van der Waals surface area contributed by atoms with Crippen molar-refractivity contribution < 1.29 is 33.8 Å². The number of aliphatic carboxylic acids is 1. The second-order valence-corrected chi connectivity index (χ2v) is 10.1. The minimum atomic E-state index is -1.26. The predicted octanol–water partition coefficient (Wildman–Crippen LogP) is 2.30. The summed E-state index contributed by atoms with van der Waals surface area (Å²) in [6.45, 7) is 7.59. The summed E-state index contributed by atoms with van der Waals surface area (Å²) in [5.41, 5.74) is 0.949. The summed E-state index contributed by atoms with van der Waals surface area (Å²) in [6, 6.07) is 6.91. The fraction of sp³-hybridized carbons (Fsp3) is 0.607. The molecule has 2 rings (SSSR count). The Kier molecular flexibility index (Phi) is 12.4. The average Bonchev–Trinajstić information content (AvgIpc) is 3.33. The zero-order chi connectivity index (χ0) is 28.2. The minimum absolute atomic E-state index is 0.124. The number of hydrogen-bond donors (Lipinski definition) is 3. The molecule has 0 saturated carbocycles. The molecule has 1 aliphatic rings. The monoisotopic (exact) mass is 531 g/mol. The lowest BCUT2D eigenvalue weighted by atomic mass is 9.98. The molecular formula is C28H41N3O7. The van der Waals surface area contributed by atoms with Crippen LogP contribution in [0.15, 0.2) is 30.3 Å². The SMILES string of the molecule is CCCCC(C(=O)O)C(=O)N[C@H](C(=O)N1C[C@H](OCc2ccccc2)C[C@H]1C(=O)N[C@H](C=O)CC)C(C)C. The van der Waals surface area contributed by atoms with Gasteiger partial charge in [-0.25, -0.2) is 0 Å². The van der Waals surface area contributed by atoms with E-state index in [1.807, 2.05) is 37.3 Å². The van der Waals surface area contributed by atoms with Crippen molar-refractivity contribution in [2.45, 2.75) is 90.6 Å². The van der Waals surface area contributed by atoms with E-state index >= 15 is 0 Å². The van der Waals surface area contributed by atoms with Crippen molar-refractivity contribution in [1.82, 2.24) is 15.5 Å². The number of rotatable bonds is 15. The van der Waals surface area contributed by atoms with E-state index in [1.165, 1.54) is 4.90 Å². The molecule has 1 heterocycles. The highest BCUT2D eigenvalue weighted by Crippen LogP contribution is 2.25. The fourth-order valence-corrected chi connectivity index (χ4v) is 4.43. The van der Waals surface area contributed by atoms with Crippen molar-refractivity contribution >= 4 is 30.0 Å². The number of benzene rings is 1. The largest absolute Gasteiger partial charge is 0.481 e. The van der Waals surface area contributed by atoms with E-state index in [4.69, 9.17) is 4.74 Å². The zero-order valence-electron chi connectivity index (χ0n) is 22.7. The van der Waals surface area contributed by atoms with Crippen LogP contribution in [0.3, 0.4) is 0 Å². The number of likely N-dealkylation sites (tertiary alicyclic amines) is 1. The number of ether oxygens (including phenoxy) is 1. The Morgan fingerprint density at radius 1 is 1.13 bits per heavy atom. The van der Waals surface area contributed by atoms with Gasteiger partial charge in [-0.1, -0.05) is 70.9 Å². The van der Waals surface area contributed by atoms with Crippen LogP contribution in [0.25, 0.3) is 0 Å². The van der Waals surface area contributed by atoms with E-state index < -0.39 is 53.8 Å². The fourth-order valence-electron chi connectivity index (χ4n) is 4.43. The lowest BCUT2D eigenvalue weighted by molar-refractivity contribution is -0.149. The van der Waals surface area contributed by atoms with Gasteiger partial charge in [-0.3, -0.25) is 19.2 Å². The summed E-state index contributed by atoms with van der Waals surface area (Å²) in [4.78, 5) is 64.2. The average molecular weight is 532 g/mol. The van der Waals surface area contributed by atoms with Gasteiger partial charge in [0.05, 0.1) is 18.8 Å². The van der Waals surface area contributed by atoms with Crippen LogP contribution in [0.5, 0.6) is 0 Å². The quantitative estimate of drug-likeness (QED) is 0.233. The molecule has 38 heavy (non-hydrogen) atoms. The molecule has 0 aromatic heterocycles. The second-order valence-electron chi connectivity index (χ2n) is 10.1. The first kappa shape index (κ1) is 31.0. The minimum Gasteiger partial charge on any atom is -0.481 e. The molecule has 3 amide bonds. The highest BCUT2D eigenvalue weighted by molar-refractivity contribution is 5.99. The van der Waals surface area contributed by atoms with Crippen LogP contribution < -0.4 is 10.6 Å². The molecule has 0 radical (unpaired) electrons. The molecule has 1 unspecified atom stereocenters. The number of carboxylic acid groups (broad SMARTS) is 1. The normalized spacial score (nSPS) is 19.4. The first-order chi connectivity index (χ1) is 18.1. The third-order valence-corrected chi connectivity index (χ3v) is 6.80. The van der Waals surface area contributed by atoms with Gasteiger partial charge in [0, 0.05) is 13.0 Å². The maximum absolute atomic E-state index is 13.7. The van der Waals surface area contributed by atoms with Crippen molar-refractivity contribution in [3.63, 3.8) is 0 Å². The molecule has 10 nitrogen and oxygen atoms in total. The van der Waals surface area contributed by atoms with Gasteiger partial charge in [0.1, 0.15) is 24.3 Å². The van der Waals surface area contributed by atoms with E-state index in [0.29, 0.717) is 25.7 Å². The summed E-state index contributed by atoms with van der Waals surface area (Å²) in [7, 11) is 0. The molecule has 0 bridgehead atoms. The Balaban J connectivity index is 2.24. The van der Waals surface area contributed by atoms with Crippen molar-refractivity contribution in [2.24, 2.45) is 11.8 Å². The molecule has 1 aromatic carbocycles. The Labute approximate surface area is 224 Å². The number of nitrogens with one attached hydrogen (secondary N) is 2. The van der Waals surface area contributed by atoms with E-state index in [9.17, 15) is 29.1 Å². The first-order valence-corrected chi connectivity index (χ1v) is 13.4. The first-order valence-electron chi connectivity index (χ1n) is 13.4. The molecule has 1 aromatic rings.